The summed E-state index contributed by atoms with van der Waals surface area (Å²) >= 11 is 4.76. The minimum Gasteiger partial charge on any atom is -0.480 e. The van der Waals surface area contributed by atoms with Crippen LogP contribution in [0, 0.1) is 5.82 Å². The first kappa shape index (κ1) is 12.9. The van der Waals surface area contributed by atoms with Crippen molar-refractivity contribution in [2.45, 2.75) is 17.8 Å². The first-order chi connectivity index (χ1) is 8.08. The van der Waals surface area contributed by atoms with E-state index < -0.39 is 12.0 Å². The Morgan fingerprint density at radius 3 is 3.00 bits per heavy atom. The average Bonchev–Trinajstić information content (AvgIpc) is 2.33. The zero-order chi connectivity index (χ0) is 12.4. The Morgan fingerprint density at radius 2 is 2.35 bits per heavy atom. The molecule has 1 aliphatic rings. The Hall–Kier alpha value is -0.590. The quantitative estimate of drug-likeness (QED) is 0.880. The van der Waals surface area contributed by atoms with E-state index in [9.17, 15) is 9.18 Å². The molecule has 17 heavy (non-hydrogen) atoms. The number of halogens is 2. The normalized spacial score (nSPS) is 24.6. The lowest BCUT2D eigenvalue weighted by Crippen LogP contribution is -2.41. The SMILES string of the molecule is O=C(O)C1CCSC(c2ccc(F)c(Br)c2)N1. The number of rotatable bonds is 2. The molecule has 1 aliphatic heterocycles. The minimum atomic E-state index is -0.837. The number of hydrogen-bond acceptors (Lipinski definition) is 3. The molecule has 3 nitrogen and oxygen atoms in total. The molecule has 92 valence electrons. The molecule has 2 atom stereocenters. The van der Waals surface area contributed by atoms with Crippen LogP contribution in [0.4, 0.5) is 4.39 Å². The van der Waals surface area contributed by atoms with Gasteiger partial charge < -0.3 is 5.11 Å². The maximum atomic E-state index is 13.1. The summed E-state index contributed by atoms with van der Waals surface area (Å²) < 4.78 is 13.5. The molecule has 0 aliphatic carbocycles. The molecule has 0 spiro atoms. The Kier molecular flexibility index (Phi) is 4.06. The Bertz CT molecular complexity index is 443. The first-order valence-electron chi connectivity index (χ1n) is 5.13. The van der Waals surface area contributed by atoms with Gasteiger partial charge in [0.05, 0.1) is 9.85 Å². The minimum absolute atomic E-state index is 0.0956. The summed E-state index contributed by atoms with van der Waals surface area (Å²) in [7, 11) is 0. The van der Waals surface area contributed by atoms with Crippen LogP contribution in [0.2, 0.25) is 0 Å². The summed E-state index contributed by atoms with van der Waals surface area (Å²) in [5.74, 6) is -0.371. The molecule has 0 amide bonds. The van der Waals surface area contributed by atoms with Crippen LogP contribution in [0.1, 0.15) is 17.4 Å². The number of carbonyl (C=O) groups is 1. The summed E-state index contributed by atoms with van der Waals surface area (Å²) in [6.07, 6.45) is 0.610. The summed E-state index contributed by atoms with van der Waals surface area (Å²) in [6, 6.07) is 4.22. The maximum absolute atomic E-state index is 13.1. The average molecular weight is 320 g/mol. The molecular formula is C11H11BrFNO2S. The number of aliphatic carboxylic acids is 1. The Balaban J connectivity index is 2.16. The number of thioether (sulfide) groups is 1. The van der Waals surface area contributed by atoms with Crippen LogP contribution in [-0.4, -0.2) is 22.9 Å². The van der Waals surface area contributed by atoms with Gasteiger partial charge in [0.15, 0.2) is 0 Å². The molecule has 0 aromatic heterocycles. The summed E-state index contributed by atoms with van der Waals surface area (Å²) in [5, 5.41) is 11.9. The zero-order valence-electron chi connectivity index (χ0n) is 8.82. The van der Waals surface area contributed by atoms with E-state index in [-0.39, 0.29) is 11.2 Å². The maximum Gasteiger partial charge on any atom is 0.320 e. The van der Waals surface area contributed by atoms with Crippen LogP contribution in [0.5, 0.6) is 0 Å². The van der Waals surface area contributed by atoms with E-state index in [0.29, 0.717) is 10.9 Å². The van der Waals surface area contributed by atoms with E-state index in [1.54, 1.807) is 23.9 Å². The lowest BCUT2D eigenvalue weighted by atomic mass is 10.1. The molecule has 0 saturated carbocycles. The molecule has 0 radical (unpaired) electrons. The van der Waals surface area contributed by atoms with Gasteiger partial charge in [-0.3, -0.25) is 10.1 Å². The number of carboxylic acids is 1. The highest BCUT2D eigenvalue weighted by Crippen LogP contribution is 2.33. The van der Waals surface area contributed by atoms with E-state index in [2.05, 4.69) is 21.2 Å². The summed E-state index contributed by atoms with van der Waals surface area (Å²) in [6.45, 7) is 0. The third-order valence-corrected chi connectivity index (χ3v) is 4.41. The topological polar surface area (TPSA) is 49.3 Å². The van der Waals surface area contributed by atoms with Gasteiger partial charge in [-0.1, -0.05) is 6.07 Å². The van der Waals surface area contributed by atoms with Crippen LogP contribution in [0.15, 0.2) is 22.7 Å². The number of benzene rings is 1. The highest BCUT2D eigenvalue weighted by Gasteiger charge is 2.27. The second kappa shape index (κ2) is 5.37. The molecule has 0 bridgehead atoms. The van der Waals surface area contributed by atoms with Gasteiger partial charge in [-0.05, 0) is 45.8 Å². The third kappa shape index (κ3) is 3.00. The molecule has 2 unspecified atom stereocenters. The van der Waals surface area contributed by atoms with Gasteiger partial charge >= 0.3 is 5.97 Å². The standard InChI is InChI=1S/C11H11BrFNO2S/c12-7-5-6(1-2-8(7)13)10-14-9(11(15)16)3-4-17-10/h1-2,5,9-10,14H,3-4H2,(H,15,16). The van der Waals surface area contributed by atoms with Crippen molar-refractivity contribution in [3.63, 3.8) is 0 Å². The van der Waals surface area contributed by atoms with Gasteiger partial charge in [-0.15, -0.1) is 11.8 Å². The van der Waals surface area contributed by atoms with Crippen LogP contribution in [0.25, 0.3) is 0 Å². The van der Waals surface area contributed by atoms with Crippen LogP contribution < -0.4 is 5.32 Å². The molecule has 1 saturated heterocycles. The zero-order valence-corrected chi connectivity index (χ0v) is 11.2. The van der Waals surface area contributed by atoms with Crippen molar-refractivity contribution in [1.82, 2.24) is 5.32 Å². The Labute approximate surface area is 111 Å². The van der Waals surface area contributed by atoms with Crippen LogP contribution in [0.3, 0.4) is 0 Å². The molecule has 1 fully saturated rings. The fourth-order valence-electron chi connectivity index (χ4n) is 1.68. The van der Waals surface area contributed by atoms with Gasteiger partial charge in [0.25, 0.3) is 0 Å². The van der Waals surface area contributed by atoms with Crippen molar-refractivity contribution >= 4 is 33.7 Å². The van der Waals surface area contributed by atoms with Gasteiger partial charge in [0, 0.05) is 0 Å². The Morgan fingerprint density at radius 1 is 1.59 bits per heavy atom. The molecule has 2 N–H and O–H groups in total. The van der Waals surface area contributed by atoms with Crippen LogP contribution in [-0.2, 0) is 4.79 Å². The van der Waals surface area contributed by atoms with E-state index in [1.807, 2.05) is 0 Å². The summed E-state index contributed by atoms with van der Waals surface area (Å²) in [5.41, 5.74) is 0.884. The van der Waals surface area contributed by atoms with Crippen molar-refractivity contribution < 1.29 is 14.3 Å². The number of nitrogens with one attached hydrogen (secondary N) is 1. The second-order valence-electron chi connectivity index (χ2n) is 3.77. The predicted molar refractivity (Wildman–Crippen MR) is 68.5 cm³/mol. The van der Waals surface area contributed by atoms with E-state index in [1.165, 1.54) is 6.07 Å². The molecule has 1 heterocycles. The lowest BCUT2D eigenvalue weighted by Gasteiger charge is -2.28. The molecule has 6 heteroatoms. The smallest absolute Gasteiger partial charge is 0.320 e. The van der Waals surface area contributed by atoms with E-state index in [4.69, 9.17) is 5.11 Å². The lowest BCUT2D eigenvalue weighted by molar-refractivity contribution is -0.139. The number of carboxylic acid groups (broad SMARTS) is 1. The fraction of sp³-hybridized carbons (Fsp3) is 0.364. The van der Waals surface area contributed by atoms with Crippen molar-refractivity contribution in [3.05, 3.63) is 34.1 Å². The molecule has 1 aromatic rings. The highest BCUT2D eigenvalue weighted by atomic mass is 79.9. The van der Waals surface area contributed by atoms with Crippen molar-refractivity contribution in [2.24, 2.45) is 0 Å². The largest absolute Gasteiger partial charge is 0.480 e. The predicted octanol–water partition coefficient (Wildman–Crippen LogP) is 2.77. The van der Waals surface area contributed by atoms with Gasteiger partial charge in [0.2, 0.25) is 0 Å². The van der Waals surface area contributed by atoms with Gasteiger partial charge in [-0.25, -0.2) is 4.39 Å². The third-order valence-electron chi connectivity index (χ3n) is 2.59. The second-order valence-corrected chi connectivity index (χ2v) is 5.84. The van der Waals surface area contributed by atoms with Crippen molar-refractivity contribution in [1.29, 1.82) is 0 Å². The highest BCUT2D eigenvalue weighted by molar-refractivity contribution is 9.10. The summed E-state index contributed by atoms with van der Waals surface area (Å²) in [4.78, 5) is 10.9. The van der Waals surface area contributed by atoms with Crippen LogP contribution >= 0.6 is 27.7 Å². The van der Waals surface area contributed by atoms with Gasteiger partial charge in [0.1, 0.15) is 11.9 Å². The molecular weight excluding hydrogens is 309 g/mol. The van der Waals surface area contributed by atoms with Crippen molar-refractivity contribution in [2.75, 3.05) is 5.75 Å². The molecule has 2 rings (SSSR count). The first-order valence-corrected chi connectivity index (χ1v) is 6.97. The number of hydrogen-bond donors (Lipinski definition) is 2. The van der Waals surface area contributed by atoms with Crippen molar-refractivity contribution in [3.8, 4) is 0 Å². The van der Waals surface area contributed by atoms with E-state index in [0.717, 1.165) is 11.3 Å². The monoisotopic (exact) mass is 319 g/mol. The fourth-order valence-corrected chi connectivity index (χ4v) is 3.28. The molecule has 1 aromatic carbocycles. The van der Waals surface area contributed by atoms with E-state index >= 15 is 0 Å². The van der Waals surface area contributed by atoms with Gasteiger partial charge in [-0.2, -0.15) is 0 Å².